The van der Waals surface area contributed by atoms with Gasteiger partial charge < -0.3 is 10.6 Å². The molecular formula is C18H17F3N2O2S. The van der Waals surface area contributed by atoms with Crippen LogP contribution in [0.3, 0.4) is 0 Å². The van der Waals surface area contributed by atoms with E-state index in [-0.39, 0.29) is 0 Å². The summed E-state index contributed by atoms with van der Waals surface area (Å²) in [6.07, 6.45) is -2.51. The molecule has 0 heterocycles. The molecule has 2 N–H and O–H groups in total. The first-order chi connectivity index (χ1) is 12.3. The first kappa shape index (κ1) is 19.8. The van der Waals surface area contributed by atoms with Crippen LogP contribution in [-0.4, -0.2) is 37.3 Å². The zero-order chi connectivity index (χ0) is 19.2. The van der Waals surface area contributed by atoms with Gasteiger partial charge in [-0.2, -0.15) is 13.2 Å². The molecule has 0 spiro atoms. The Balaban J connectivity index is 1.98. The molecule has 0 aromatic heterocycles. The minimum absolute atomic E-state index is 0.320. The Kier molecular flexibility index (Phi) is 6.68. The van der Waals surface area contributed by atoms with Crippen molar-refractivity contribution in [1.82, 2.24) is 10.6 Å². The number of carbonyl (C=O) groups excluding carboxylic acids is 2. The largest absolute Gasteiger partial charge is 0.405 e. The van der Waals surface area contributed by atoms with Crippen LogP contribution in [0.5, 0.6) is 0 Å². The van der Waals surface area contributed by atoms with E-state index in [0.717, 1.165) is 16.0 Å². The minimum atomic E-state index is -4.49. The van der Waals surface area contributed by atoms with Gasteiger partial charge in [0.05, 0.1) is 6.54 Å². The number of rotatable bonds is 6. The van der Waals surface area contributed by atoms with E-state index in [9.17, 15) is 22.8 Å². The van der Waals surface area contributed by atoms with Crippen LogP contribution in [0, 0.1) is 0 Å². The predicted molar refractivity (Wildman–Crippen MR) is 95.1 cm³/mol. The highest BCUT2D eigenvalue weighted by Crippen LogP contribution is 2.23. The molecule has 138 valence electrons. The van der Waals surface area contributed by atoms with Gasteiger partial charge in [-0.25, -0.2) is 0 Å². The van der Waals surface area contributed by atoms with Crippen LogP contribution in [-0.2, 0) is 4.79 Å². The second-order valence-corrected chi connectivity index (χ2v) is 6.26. The molecule has 2 aromatic rings. The molecule has 0 radical (unpaired) electrons. The Morgan fingerprint density at radius 2 is 1.69 bits per heavy atom. The minimum Gasteiger partial charge on any atom is -0.345 e. The summed E-state index contributed by atoms with van der Waals surface area (Å²) in [6.45, 7) is -1.95. The third-order valence-electron chi connectivity index (χ3n) is 3.44. The van der Waals surface area contributed by atoms with Crippen molar-refractivity contribution >= 4 is 23.6 Å². The van der Waals surface area contributed by atoms with Crippen molar-refractivity contribution in [1.29, 1.82) is 0 Å². The maximum Gasteiger partial charge on any atom is 0.405 e. The normalized spacial score (nSPS) is 11.1. The fraction of sp³-hybridized carbons (Fsp3) is 0.222. The van der Waals surface area contributed by atoms with Gasteiger partial charge in [0.15, 0.2) is 0 Å². The topological polar surface area (TPSA) is 58.2 Å². The lowest BCUT2D eigenvalue weighted by Gasteiger charge is -2.10. The van der Waals surface area contributed by atoms with Crippen molar-refractivity contribution in [3.8, 4) is 11.1 Å². The van der Waals surface area contributed by atoms with Crippen LogP contribution < -0.4 is 10.6 Å². The van der Waals surface area contributed by atoms with E-state index in [2.05, 4.69) is 5.32 Å². The third kappa shape index (κ3) is 6.11. The third-order valence-corrected chi connectivity index (χ3v) is 4.19. The number of thioether (sulfide) groups is 1. The highest BCUT2D eigenvalue weighted by molar-refractivity contribution is 7.98. The zero-order valence-corrected chi connectivity index (χ0v) is 14.7. The lowest BCUT2D eigenvalue weighted by molar-refractivity contribution is -0.137. The highest BCUT2D eigenvalue weighted by atomic mass is 32.2. The molecule has 26 heavy (non-hydrogen) atoms. The van der Waals surface area contributed by atoms with Crippen molar-refractivity contribution in [3.63, 3.8) is 0 Å². The Bertz CT molecular complexity index is 777. The second kappa shape index (κ2) is 8.75. The number of nitrogens with one attached hydrogen (secondary N) is 2. The summed E-state index contributed by atoms with van der Waals surface area (Å²) in [5, 5.41) is 4.01. The Morgan fingerprint density at radius 1 is 1.00 bits per heavy atom. The van der Waals surface area contributed by atoms with Crippen molar-refractivity contribution in [2.24, 2.45) is 0 Å². The van der Waals surface area contributed by atoms with Crippen LogP contribution in [0.4, 0.5) is 13.2 Å². The number of carbonyl (C=O) groups is 2. The van der Waals surface area contributed by atoms with E-state index in [1.807, 2.05) is 36.6 Å². The summed E-state index contributed by atoms with van der Waals surface area (Å²) in [4.78, 5) is 24.6. The first-order valence-electron chi connectivity index (χ1n) is 7.64. The molecule has 0 aliphatic carbocycles. The lowest BCUT2D eigenvalue weighted by atomic mass is 10.0. The van der Waals surface area contributed by atoms with Crippen LogP contribution in [0.1, 0.15) is 10.4 Å². The molecule has 2 aromatic carbocycles. The van der Waals surface area contributed by atoms with Gasteiger partial charge in [0.2, 0.25) is 5.91 Å². The lowest BCUT2D eigenvalue weighted by Crippen LogP contribution is -2.40. The summed E-state index contributed by atoms with van der Waals surface area (Å²) < 4.78 is 36.1. The summed E-state index contributed by atoms with van der Waals surface area (Å²) in [5.74, 6) is -1.44. The van der Waals surface area contributed by atoms with Gasteiger partial charge >= 0.3 is 6.18 Å². The maximum atomic E-state index is 12.1. The smallest absolute Gasteiger partial charge is 0.345 e. The average molecular weight is 382 g/mol. The fourth-order valence-corrected chi connectivity index (χ4v) is 2.56. The van der Waals surface area contributed by atoms with Gasteiger partial charge in [0.1, 0.15) is 6.54 Å². The monoisotopic (exact) mass is 382 g/mol. The number of alkyl halides is 3. The van der Waals surface area contributed by atoms with Crippen LogP contribution >= 0.6 is 11.8 Å². The first-order valence-corrected chi connectivity index (χ1v) is 8.87. The van der Waals surface area contributed by atoms with Gasteiger partial charge in [-0.3, -0.25) is 9.59 Å². The molecule has 2 rings (SSSR count). The van der Waals surface area contributed by atoms with E-state index in [0.29, 0.717) is 5.56 Å². The molecule has 0 saturated heterocycles. The van der Waals surface area contributed by atoms with E-state index in [4.69, 9.17) is 0 Å². The Hall–Kier alpha value is -2.48. The van der Waals surface area contributed by atoms with E-state index in [1.165, 1.54) is 0 Å². The number of halogens is 3. The number of hydrogen-bond acceptors (Lipinski definition) is 3. The van der Waals surface area contributed by atoms with E-state index >= 15 is 0 Å². The van der Waals surface area contributed by atoms with Crippen molar-refractivity contribution in [2.75, 3.05) is 19.3 Å². The molecule has 0 unspecified atom stereocenters. The van der Waals surface area contributed by atoms with E-state index < -0.39 is 31.1 Å². The molecule has 2 amide bonds. The summed E-state index contributed by atoms with van der Waals surface area (Å²) in [5.41, 5.74) is 2.08. The molecule has 0 fully saturated rings. The van der Waals surface area contributed by atoms with Crippen molar-refractivity contribution in [2.45, 2.75) is 11.1 Å². The molecule has 0 bridgehead atoms. The number of amides is 2. The highest BCUT2D eigenvalue weighted by Gasteiger charge is 2.27. The van der Waals surface area contributed by atoms with Gasteiger partial charge in [-0.1, -0.05) is 24.3 Å². The zero-order valence-electron chi connectivity index (χ0n) is 13.9. The van der Waals surface area contributed by atoms with Gasteiger partial charge in [-0.05, 0) is 41.6 Å². The summed E-state index contributed by atoms with van der Waals surface area (Å²) in [6, 6.07) is 14.6. The van der Waals surface area contributed by atoms with Crippen molar-refractivity contribution < 1.29 is 22.8 Å². The standard InChI is InChI=1S/C18H17F3N2O2S/c1-26-15-7-5-12(6-8-15)13-3-2-4-14(9-13)17(25)22-10-16(24)23-11-18(19,20)21/h2-9H,10-11H2,1H3,(H,22,25)(H,23,24). The summed E-state index contributed by atoms with van der Waals surface area (Å²) >= 11 is 1.62. The fourth-order valence-electron chi connectivity index (χ4n) is 2.15. The number of benzene rings is 2. The van der Waals surface area contributed by atoms with Gasteiger partial charge in [-0.15, -0.1) is 11.8 Å². The molecule has 4 nitrogen and oxygen atoms in total. The molecule has 0 aliphatic heterocycles. The summed E-state index contributed by atoms with van der Waals surface area (Å²) in [7, 11) is 0. The molecule has 0 atom stereocenters. The second-order valence-electron chi connectivity index (χ2n) is 5.38. The Morgan fingerprint density at radius 3 is 2.31 bits per heavy atom. The quantitative estimate of drug-likeness (QED) is 0.752. The maximum absolute atomic E-state index is 12.1. The van der Waals surface area contributed by atoms with Crippen LogP contribution in [0.25, 0.3) is 11.1 Å². The molecule has 0 aliphatic rings. The van der Waals surface area contributed by atoms with Crippen LogP contribution in [0.2, 0.25) is 0 Å². The van der Waals surface area contributed by atoms with Crippen molar-refractivity contribution in [3.05, 3.63) is 54.1 Å². The van der Waals surface area contributed by atoms with Gasteiger partial charge in [0.25, 0.3) is 5.91 Å². The average Bonchev–Trinajstić information content (AvgIpc) is 2.64. The molecular weight excluding hydrogens is 365 g/mol. The predicted octanol–water partition coefficient (Wildman–Crippen LogP) is 3.48. The molecule has 0 saturated carbocycles. The molecule has 8 heteroatoms. The SMILES string of the molecule is CSc1ccc(-c2cccc(C(=O)NCC(=O)NCC(F)(F)F)c2)cc1. The van der Waals surface area contributed by atoms with E-state index in [1.54, 1.807) is 35.3 Å². The van der Waals surface area contributed by atoms with Crippen LogP contribution in [0.15, 0.2) is 53.4 Å². The van der Waals surface area contributed by atoms with Gasteiger partial charge in [0, 0.05) is 10.5 Å². The number of hydrogen-bond donors (Lipinski definition) is 2. The Labute approximate surface area is 153 Å².